The number of hydrogen-bond acceptors (Lipinski definition) is 2. The molecule has 0 heterocycles. The minimum Gasteiger partial charge on any atom is -0.461 e. The number of hydrogen-bond donors (Lipinski definition) is 0. The Morgan fingerprint density at radius 1 is 1.05 bits per heavy atom. The van der Waals surface area contributed by atoms with Gasteiger partial charge in [-0.2, -0.15) is 26.3 Å². The number of ether oxygens (including phenoxy) is 1. The minimum absolute atomic E-state index is 0.0278. The molecule has 1 unspecified atom stereocenters. The molecule has 0 fully saturated rings. The summed E-state index contributed by atoms with van der Waals surface area (Å²) in [4.78, 5) is 11.4. The monoisotopic (exact) mass is 328 g/mol. The highest BCUT2D eigenvalue weighted by Gasteiger charge is 2.36. The van der Waals surface area contributed by atoms with Crippen LogP contribution >= 0.6 is 0 Å². The fraction of sp³-hybridized carbons (Fsp3) is 0.500. The van der Waals surface area contributed by atoms with Crippen molar-refractivity contribution in [3.63, 3.8) is 0 Å². The molecule has 0 N–H and O–H groups in total. The maximum Gasteiger partial charge on any atom is 0.416 e. The standard InChI is InChI=1S/C14H14F6O2/c1-3-8(2)12(21)22-7-9-4-10(13(15,16)17)6-11(5-9)14(18,19)20/h4-6,8H,3,7H2,1-2H3. The quantitative estimate of drug-likeness (QED) is 0.585. The van der Waals surface area contributed by atoms with Crippen LogP contribution in [0.15, 0.2) is 18.2 Å². The number of carbonyl (C=O) groups is 1. The van der Waals surface area contributed by atoms with Gasteiger partial charge in [0.05, 0.1) is 17.0 Å². The van der Waals surface area contributed by atoms with E-state index < -0.39 is 42.0 Å². The highest BCUT2D eigenvalue weighted by Crippen LogP contribution is 2.36. The number of esters is 1. The Labute approximate surface area is 123 Å². The zero-order valence-electron chi connectivity index (χ0n) is 11.8. The highest BCUT2D eigenvalue weighted by atomic mass is 19.4. The molecular weight excluding hydrogens is 314 g/mol. The van der Waals surface area contributed by atoms with Crippen molar-refractivity contribution in [3.05, 3.63) is 34.9 Å². The van der Waals surface area contributed by atoms with Gasteiger partial charge in [0, 0.05) is 0 Å². The molecule has 0 saturated carbocycles. The third kappa shape index (κ3) is 4.92. The molecule has 0 amide bonds. The summed E-state index contributed by atoms with van der Waals surface area (Å²) < 4.78 is 80.6. The van der Waals surface area contributed by atoms with E-state index in [1.54, 1.807) is 13.8 Å². The van der Waals surface area contributed by atoms with E-state index in [-0.39, 0.29) is 11.6 Å². The lowest BCUT2D eigenvalue weighted by Gasteiger charge is -2.15. The van der Waals surface area contributed by atoms with Gasteiger partial charge in [0.1, 0.15) is 6.61 Å². The van der Waals surface area contributed by atoms with Crippen molar-refractivity contribution in [1.82, 2.24) is 0 Å². The summed E-state index contributed by atoms with van der Waals surface area (Å²) in [5.41, 5.74) is -3.23. The van der Waals surface area contributed by atoms with E-state index in [1.165, 1.54) is 0 Å². The van der Waals surface area contributed by atoms with Gasteiger partial charge in [0.25, 0.3) is 0 Å². The van der Waals surface area contributed by atoms with E-state index in [4.69, 9.17) is 4.74 Å². The Morgan fingerprint density at radius 3 is 1.86 bits per heavy atom. The first-order chi connectivity index (χ1) is 9.95. The van der Waals surface area contributed by atoms with Gasteiger partial charge in [-0.05, 0) is 30.2 Å². The van der Waals surface area contributed by atoms with Gasteiger partial charge in [-0.15, -0.1) is 0 Å². The van der Waals surface area contributed by atoms with Crippen LogP contribution in [0, 0.1) is 5.92 Å². The first-order valence-corrected chi connectivity index (χ1v) is 6.40. The number of benzene rings is 1. The van der Waals surface area contributed by atoms with E-state index >= 15 is 0 Å². The SMILES string of the molecule is CCC(C)C(=O)OCc1cc(C(F)(F)F)cc(C(F)(F)F)c1. The van der Waals surface area contributed by atoms with E-state index in [9.17, 15) is 31.1 Å². The van der Waals surface area contributed by atoms with Crippen LogP contribution in [0.2, 0.25) is 0 Å². The number of rotatable bonds is 4. The minimum atomic E-state index is -4.92. The van der Waals surface area contributed by atoms with Crippen LogP contribution in [0.5, 0.6) is 0 Å². The van der Waals surface area contributed by atoms with Crippen LogP contribution in [0.3, 0.4) is 0 Å². The lowest BCUT2D eigenvalue weighted by Crippen LogP contribution is -2.15. The summed E-state index contributed by atoms with van der Waals surface area (Å²) in [5.74, 6) is -1.15. The first kappa shape index (κ1) is 18.3. The molecule has 0 aliphatic carbocycles. The topological polar surface area (TPSA) is 26.3 Å². The number of alkyl halides is 6. The smallest absolute Gasteiger partial charge is 0.416 e. The van der Waals surface area contributed by atoms with Crippen LogP contribution in [0.25, 0.3) is 0 Å². The molecule has 1 atom stereocenters. The van der Waals surface area contributed by atoms with Gasteiger partial charge in [-0.1, -0.05) is 13.8 Å². The van der Waals surface area contributed by atoms with E-state index in [1.807, 2.05) is 0 Å². The Balaban J connectivity index is 3.06. The van der Waals surface area contributed by atoms with E-state index in [0.717, 1.165) is 0 Å². The molecule has 22 heavy (non-hydrogen) atoms. The first-order valence-electron chi connectivity index (χ1n) is 6.40. The highest BCUT2D eigenvalue weighted by molar-refractivity contribution is 5.71. The normalized spacial score (nSPS) is 13.8. The second kappa shape index (κ2) is 6.58. The van der Waals surface area contributed by atoms with Gasteiger partial charge in [-0.3, -0.25) is 4.79 Å². The van der Waals surface area contributed by atoms with Crippen molar-refractivity contribution < 1.29 is 35.9 Å². The van der Waals surface area contributed by atoms with Gasteiger partial charge in [-0.25, -0.2) is 0 Å². The molecule has 1 aromatic rings. The summed E-state index contributed by atoms with van der Waals surface area (Å²) in [6.07, 6.45) is -9.39. The Bertz CT molecular complexity index is 501. The second-order valence-corrected chi connectivity index (χ2v) is 4.83. The molecule has 124 valence electrons. The second-order valence-electron chi connectivity index (χ2n) is 4.83. The van der Waals surface area contributed by atoms with Gasteiger partial charge in [0.15, 0.2) is 0 Å². The molecule has 8 heteroatoms. The average Bonchev–Trinajstić information content (AvgIpc) is 2.41. The lowest BCUT2D eigenvalue weighted by molar-refractivity contribution is -0.149. The predicted octanol–water partition coefficient (Wildman–Crippen LogP) is 4.81. The fourth-order valence-electron chi connectivity index (χ4n) is 1.57. The lowest BCUT2D eigenvalue weighted by atomic mass is 10.1. The molecule has 0 aliphatic heterocycles. The number of halogens is 6. The van der Waals surface area contributed by atoms with Crippen molar-refractivity contribution in [1.29, 1.82) is 0 Å². The number of carbonyl (C=O) groups excluding carboxylic acids is 1. The molecule has 0 aliphatic rings. The Kier molecular flexibility index (Phi) is 5.48. The Hall–Kier alpha value is -1.73. The molecular formula is C14H14F6O2. The van der Waals surface area contributed by atoms with Crippen LogP contribution in [-0.2, 0) is 28.5 Å². The summed E-state index contributed by atoms with van der Waals surface area (Å²) >= 11 is 0. The van der Waals surface area contributed by atoms with Crippen molar-refractivity contribution in [2.75, 3.05) is 0 Å². The maximum atomic E-state index is 12.6. The third-order valence-electron chi connectivity index (χ3n) is 3.04. The van der Waals surface area contributed by atoms with Crippen molar-refractivity contribution in [2.24, 2.45) is 5.92 Å². The van der Waals surface area contributed by atoms with Crippen molar-refractivity contribution >= 4 is 5.97 Å². The van der Waals surface area contributed by atoms with Crippen LogP contribution in [-0.4, -0.2) is 5.97 Å². The van der Waals surface area contributed by atoms with Crippen molar-refractivity contribution in [3.8, 4) is 0 Å². The molecule has 0 spiro atoms. The molecule has 2 nitrogen and oxygen atoms in total. The zero-order chi connectivity index (χ0) is 17.1. The average molecular weight is 328 g/mol. The summed E-state index contributed by atoms with van der Waals surface area (Å²) in [6.45, 7) is 2.61. The van der Waals surface area contributed by atoms with Gasteiger partial charge in [0.2, 0.25) is 0 Å². The van der Waals surface area contributed by atoms with Crippen LogP contribution < -0.4 is 0 Å². The zero-order valence-corrected chi connectivity index (χ0v) is 11.8. The molecule has 0 aromatic heterocycles. The van der Waals surface area contributed by atoms with E-state index in [2.05, 4.69) is 0 Å². The van der Waals surface area contributed by atoms with Crippen LogP contribution in [0.1, 0.15) is 37.0 Å². The molecule has 1 rings (SSSR count). The fourth-order valence-corrected chi connectivity index (χ4v) is 1.57. The molecule has 0 bridgehead atoms. The Morgan fingerprint density at radius 2 is 1.50 bits per heavy atom. The largest absolute Gasteiger partial charge is 0.461 e. The molecule has 0 saturated heterocycles. The maximum absolute atomic E-state index is 12.6. The molecule has 1 aromatic carbocycles. The summed E-state index contributed by atoms with van der Waals surface area (Å²) in [5, 5.41) is 0. The van der Waals surface area contributed by atoms with Gasteiger partial charge >= 0.3 is 18.3 Å². The molecule has 0 radical (unpaired) electrons. The summed E-state index contributed by atoms with van der Waals surface area (Å²) in [6, 6.07) is 1.11. The van der Waals surface area contributed by atoms with Gasteiger partial charge < -0.3 is 4.74 Å². The van der Waals surface area contributed by atoms with Crippen LogP contribution in [0.4, 0.5) is 26.3 Å². The predicted molar refractivity (Wildman–Crippen MR) is 65.7 cm³/mol. The summed E-state index contributed by atoms with van der Waals surface area (Å²) in [7, 11) is 0. The van der Waals surface area contributed by atoms with Crippen molar-refractivity contribution in [2.45, 2.75) is 39.2 Å². The van der Waals surface area contributed by atoms with E-state index in [0.29, 0.717) is 18.6 Å². The third-order valence-corrected chi connectivity index (χ3v) is 3.04.